The highest BCUT2D eigenvalue weighted by molar-refractivity contribution is 7.12. The Balaban J connectivity index is 0.000000146. The maximum atomic E-state index is 11.4. The van der Waals surface area contributed by atoms with Crippen molar-refractivity contribution in [3.05, 3.63) is 39.3 Å². The number of hydrogen-bond donors (Lipinski definition) is 1. The number of nitrogens with one attached hydrogen (secondary N) is 1. The van der Waals surface area contributed by atoms with Gasteiger partial charge in [-0.15, -0.1) is 11.3 Å². The fourth-order valence-corrected chi connectivity index (χ4v) is 3.56. The van der Waals surface area contributed by atoms with E-state index in [0.29, 0.717) is 17.5 Å². The van der Waals surface area contributed by atoms with Crippen LogP contribution in [0.1, 0.15) is 65.5 Å². The molecule has 0 aliphatic carbocycles. The lowest BCUT2D eigenvalue weighted by molar-refractivity contribution is 0.0941. The van der Waals surface area contributed by atoms with Gasteiger partial charge in [0.2, 0.25) is 0 Å². The molecule has 0 saturated carbocycles. The topological polar surface area (TPSA) is 80.9 Å². The third kappa shape index (κ3) is 3.87. The van der Waals surface area contributed by atoms with E-state index in [1.807, 2.05) is 12.1 Å². The maximum Gasteiger partial charge on any atom is 0.271 e. The quantitative estimate of drug-likeness (QED) is 0.751. The van der Waals surface area contributed by atoms with Crippen molar-refractivity contribution in [2.45, 2.75) is 46.0 Å². The van der Waals surface area contributed by atoms with Crippen molar-refractivity contribution in [1.29, 1.82) is 0 Å². The number of nitrogens with zero attached hydrogens (tertiary/aromatic N) is 3. The number of carbonyl (C=O) groups excluding carboxylic acids is 1. The Labute approximate surface area is 150 Å². The highest BCUT2D eigenvalue weighted by Crippen LogP contribution is 2.26. The fraction of sp³-hybridized carbons (Fsp3) is 0.444. The summed E-state index contributed by atoms with van der Waals surface area (Å²) in [6.45, 7) is 9.25. The first-order chi connectivity index (χ1) is 12.0. The molecular formula is C18H22N4O2S. The van der Waals surface area contributed by atoms with Crippen molar-refractivity contribution in [3.63, 3.8) is 0 Å². The molecule has 0 bridgehead atoms. The van der Waals surface area contributed by atoms with E-state index in [-0.39, 0.29) is 5.91 Å². The monoisotopic (exact) mass is 358 g/mol. The first-order valence-electron chi connectivity index (χ1n) is 8.45. The summed E-state index contributed by atoms with van der Waals surface area (Å²) in [5.41, 5.74) is 3.57. The zero-order chi connectivity index (χ0) is 18.0. The predicted molar refractivity (Wildman–Crippen MR) is 98.1 cm³/mol. The van der Waals surface area contributed by atoms with Crippen LogP contribution in [0.2, 0.25) is 0 Å². The molecule has 7 heteroatoms. The Morgan fingerprint density at radius 3 is 2.56 bits per heavy atom. The molecule has 0 radical (unpaired) electrons. The molecule has 3 heterocycles. The van der Waals surface area contributed by atoms with Crippen LogP contribution >= 0.6 is 11.3 Å². The second-order valence-electron chi connectivity index (χ2n) is 6.65. The van der Waals surface area contributed by atoms with Gasteiger partial charge in [0.05, 0.1) is 5.01 Å². The first kappa shape index (κ1) is 17.5. The number of thiazole rings is 1. The minimum absolute atomic E-state index is 0.00981. The van der Waals surface area contributed by atoms with Gasteiger partial charge in [0.15, 0.2) is 0 Å². The lowest BCUT2D eigenvalue weighted by Crippen LogP contribution is -2.31. The highest BCUT2D eigenvalue weighted by atomic mass is 32.1. The van der Waals surface area contributed by atoms with Gasteiger partial charge in [-0.1, -0.05) is 33.8 Å². The molecule has 2 aromatic heterocycles. The summed E-state index contributed by atoms with van der Waals surface area (Å²) in [5, 5.41) is 11.4. The van der Waals surface area contributed by atoms with E-state index in [9.17, 15) is 4.79 Å². The van der Waals surface area contributed by atoms with Crippen LogP contribution in [0.25, 0.3) is 11.0 Å². The van der Waals surface area contributed by atoms with Crippen LogP contribution in [0.3, 0.4) is 0 Å². The Morgan fingerprint density at radius 1 is 1.12 bits per heavy atom. The van der Waals surface area contributed by atoms with Gasteiger partial charge in [0.25, 0.3) is 5.91 Å². The molecule has 0 spiro atoms. The van der Waals surface area contributed by atoms with Crippen molar-refractivity contribution in [2.24, 2.45) is 0 Å². The van der Waals surface area contributed by atoms with Crippen LogP contribution in [0.15, 0.2) is 22.8 Å². The standard InChI is InChI=1S/C9H12N2OS.C9H10N2O/c1-5(2)9-11-7-6(13-9)3-4-10-8(7)12;1-6(2)7-3-4-8-9(5-7)11-12-10-8/h5H,3-4H2,1-2H3,(H,10,12);3-6H,1-2H3. The SMILES string of the molecule is CC(C)c1ccc2nonc2c1.CC(C)c1nc2c(s1)CCNC2=O. The summed E-state index contributed by atoms with van der Waals surface area (Å²) in [6.07, 6.45) is 0.936. The number of benzene rings is 1. The van der Waals surface area contributed by atoms with Crippen LogP contribution in [0.4, 0.5) is 0 Å². The van der Waals surface area contributed by atoms with E-state index >= 15 is 0 Å². The molecule has 6 nitrogen and oxygen atoms in total. The zero-order valence-electron chi connectivity index (χ0n) is 14.9. The number of aromatic nitrogens is 3. The molecule has 1 aliphatic rings. The molecule has 1 N–H and O–H groups in total. The van der Waals surface area contributed by atoms with Crippen molar-refractivity contribution in [2.75, 3.05) is 6.54 Å². The summed E-state index contributed by atoms with van der Waals surface area (Å²) in [6, 6.07) is 5.99. The van der Waals surface area contributed by atoms with Crippen molar-refractivity contribution in [1.82, 2.24) is 20.6 Å². The van der Waals surface area contributed by atoms with Crippen LogP contribution in [-0.2, 0) is 6.42 Å². The van der Waals surface area contributed by atoms with Gasteiger partial charge < -0.3 is 5.32 Å². The Hall–Kier alpha value is -2.28. The van der Waals surface area contributed by atoms with Gasteiger partial charge in [0, 0.05) is 23.8 Å². The first-order valence-corrected chi connectivity index (χ1v) is 9.27. The Morgan fingerprint density at radius 2 is 1.88 bits per heavy atom. The number of carbonyl (C=O) groups is 1. The molecular weight excluding hydrogens is 336 g/mol. The van der Waals surface area contributed by atoms with Crippen LogP contribution in [0.5, 0.6) is 0 Å². The predicted octanol–water partition coefficient (Wildman–Crippen LogP) is 3.90. The molecule has 132 valence electrons. The van der Waals surface area contributed by atoms with Gasteiger partial charge in [0.1, 0.15) is 16.7 Å². The second-order valence-corrected chi connectivity index (χ2v) is 7.77. The summed E-state index contributed by atoms with van der Waals surface area (Å²) < 4.78 is 4.60. The largest absolute Gasteiger partial charge is 0.350 e. The molecule has 3 aromatic rings. The van der Waals surface area contributed by atoms with Gasteiger partial charge in [-0.05, 0) is 33.9 Å². The van der Waals surface area contributed by atoms with Crippen molar-refractivity contribution >= 4 is 28.3 Å². The highest BCUT2D eigenvalue weighted by Gasteiger charge is 2.22. The molecule has 0 atom stereocenters. The lowest BCUT2D eigenvalue weighted by Gasteiger charge is -2.09. The second kappa shape index (κ2) is 7.31. The molecule has 1 aliphatic heterocycles. The average molecular weight is 358 g/mol. The molecule has 0 saturated heterocycles. The summed E-state index contributed by atoms with van der Waals surface area (Å²) in [5.74, 6) is 0.930. The molecule has 0 unspecified atom stereocenters. The zero-order valence-corrected chi connectivity index (χ0v) is 15.7. The summed E-state index contributed by atoms with van der Waals surface area (Å²) >= 11 is 1.68. The number of hydrogen-bond acceptors (Lipinski definition) is 6. The molecule has 0 fully saturated rings. The number of amides is 1. The van der Waals surface area contributed by atoms with E-state index in [4.69, 9.17) is 0 Å². The van der Waals surface area contributed by atoms with Crippen LogP contribution in [-0.4, -0.2) is 27.7 Å². The summed E-state index contributed by atoms with van der Waals surface area (Å²) in [4.78, 5) is 16.8. The number of rotatable bonds is 2. The molecule has 25 heavy (non-hydrogen) atoms. The van der Waals surface area contributed by atoms with Crippen LogP contribution in [0, 0.1) is 0 Å². The Bertz CT molecular complexity index is 882. The fourth-order valence-electron chi connectivity index (χ4n) is 2.50. The normalized spacial score (nSPS) is 13.6. The summed E-state index contributed by atoms with van der Waals surface area (Å²) in [7, 11) is 0. The lowest BCUT2D eigenvalue weighted by atomic mass is 10.0. The average Bonchev–Trinajstić information content (AvgIpc) is 3.22. The minimum atomic E-state index is -0.00981. The van der Waals surface area contributed by atoms with Gasteiger partial charge in [-0.2, -0.15) is 0 Å². The van der Waals surface area contributed by atoms with E-state index in [2.05, 4.69) is 59.0 Å². The molecule has 4 rings (SSSR count). The van der Waals surface area contributed by atoms with E-state index in [1.54, 1.807) is 11.3 Å². The van der Waals surface area contributed by atoms with E-state index < -0.39 is 0 Å². The Kier molecular flexibility index (Phi) is 5.13. The van der Waals surface area contributed by atoms with E-state index in [1.165, 1.54) is 5.56 Å². The minimum Gasteiger partial charge on any atom is -0.350 e. The van der Waals surface area contributed by atoms with Crippen LogP contribution < -0.4 is 5.32 Å². The van der Waals surface area contributed by atoms with Crippen molar-refractivity contribution in [3.8, 4) is 0 Å². The van der Waals surface area contributed by atoms with Gasteiger partial charge in [-0.25, -0.2) is 9.61 Å². The maximum absolute atomic E-state index is 11.4. The number of fused-ring (bicyclic) bond motifs is 2. The van der Waals surface area contributed by atoms with E-state index in [0.717, 1.165) is 33.9 Å². The smallest absolute Gasteiger partial charge is 0.271 e. The third-order valence-corrected chi connectivity index (χ3v) is 5.42. The van der Waals surface area contributed by atoms with Gasteiger partial charge in [-0.3, -0.25) is 4.79 Å². The van der Waals surface area contributed by atoms with Gasteiger partial charge >= 0.3 is 0 Å². The molecule has 1 aromatic carbocycles. The van der Waals surface area contributed by atoms with Crippen molar-refractivity contribution < 1.29 is 9.42 Å². The molecule has 1 amide bonds. The third-order valence-electron chi connectivity index (χ3n) is 4.00.